The number of nitrogens with zero attached hydrogens (tertiary/aromatic N) is 3. The number of fused-ring (bicyclic) bond motifs is 1. The molecule has 1 aliphatic rings. The molecule has 0 saturated carbocycles. The Labute approximate surface area is 138 Å². The molecule has 23 heavy (non-hydrogen) atoms. The van der Waals surface area contributed by atoms with Gasteiger partial charge in [-0.25, -0.2) is 4.98 Å². The van der Waals surface area contributed by atoms with E-state index in [4.69, 9.17) is 5.73 Å². The fourth-order valence-electron chi connectivity index (χ4n) is 3.08. The molecule has 2 aromatic heterocycles. The van der Waals surface area contributed by atoms with Crippen LogP contribution in [0.2, 0.25) is 0 Å². The largest absolute Gasteiger partial charge is 0.365 e. The van der Waals surface area contributed by atoms with E-state index in [1.165, 1.54) is 11.3 Å². The number of aromatic nitrogens is 1. The predicted octanol–water partition coefficient (Wildman–Crippen LogP) is 1.27. The van der Waals surface area contributed by atoms with Gasteiger partial charge in [0, 0.05) is 38.1 Å². The summed E-state index contributed by atoms with van der Waals surface area (Å²) in [6.07, 6.45) is 2.64. The van der Waals surface area contributed by atoms with Gasteiger partial charge < -0.3 is 10.6 Å². The molecule has 0 bridgehead atoms. The Balaban J connectivity index is 1.88. The topological polar surface area (TPSA) is 79.5 Å². The quantitative estimate of drug-likeness (QED) is 0.914. The molecule has 1 unspecified atom stereocenters. The maximum absolute atomic E-state index is 11.9. The third-order valence-corrected chi connectivity index (χ3v) is 5.41. The summed E-state index contributed by atoms with van der Waals surface area (Å²) in [4.78, 5) is 33.2. The molecular formula is C16H20N4O2S. The highest BCUT2D eigenvalue weighted by Gasteiger charge is 2.31. The fourth-order valence-corrected chi connectivity index (χ4v) is 4.17. The maximum Gasteiger partial charge on any atom is 0.259 e. The van der Waals surface area contributed by atoms with Crippen LogP contribution in [0.3, 0.4) is 0 Å². The number of carbonyl (C=O) groups excluding carboxylic acids is 2. The minimum absolute atomic E-state index is 0.0950. The fraction of sp³-hybridized carbons (Fsp3) is 0.438. The molecule has 2 amide bonds. The van der Waals surface area contributed by atoms with Crippen LogP contribution in [0.1, 0.15) is 27.6 Å². The van der Waals surface area contributed by atoms with Crippen LogP contribution in [0.25, 0.3) is 10.2 Å². The Kier molecular flexibility index (Phi) is 4.32. The summed E-state index contributed by atoms with van der Waals surface area (Å²) in [5.74, 6) is -0.0890. The van der Waals surface area contributed by atoms with Gasteiger partial charge in [-0.2, -0.15) is 0 Å². The second kappa shape index (κ2) is 6.25. The van der Waals surface area contributed by atoms with Crippen molar-refractivity contribution in [1.82, 2.24) is 14.8 Å². The monoisotopic (exact) mass is 332 g/mol. The molecular weight excluding hydrogens is 312 g/mol. The molecule has 0 aromatic carbocycles. The van der Waals surface area contributed by atoms with E-state index >= 15 is 0 Å². The van der Waals surface area contributed by atoms with Gasteiger partial charge in [-0.3, -0.25) is 14.5 Å². The minimum Gasteiger partial charge on any atom is -0.365 e. The number of amides is 2. The number of hydrogen-bond donors (Lipinski definition) is 1. The standard InChI is InChI=1S/C16H20N4O2S/c1-19(2)12(21)9-20-7-5-10(8-20)13-11-4-3-6-18-16(11)23-14(13)15(17)22/h3-4,6,10H,5,7-9H2,1-2H3,(H2,17,22). The molecule has 1 fully saturated rings. The van der Waals surface area contributed by atoms with Crippen LogP contribution in [0.15, 0.2) is 18.3 Å². The molecule has 0 aliphatic carbocycles. The molecule has 7 heteroatoms. The average molecular weight is 332 g/mol. The van der Waals surface area contributed by atoms with Crippen molar-refractivity contribution in [3.63, 3.8) is 0 Å². The summed E-state index contributed by atoms with van der Waals surface area (Å²) in [6.45, 7) is 2.02. The first kappa shape index (κ1) is 15.9. The van der Waals surface area contributed by atoms with E-state index in [1.807, 2.05) is 12.1 Å². The summed E-state index contributed by atoms with van der Waals surface area (Å²) in [5.41, 5.74) is 6.58. The lowest BCUT2D eigenvalue weighted by Gasteiger charge is -2.18. The van der Waals surface area contributed by atoms with Crippen molar-refractivity contribution >= 4 is 33.4 Å². The zero-order valence-electron chi connectivity index (χ0n) is 13.3. The summed E-state index contributed by atoms with van der Waals surface area (Å²) in [7, 11) is 3.53. The first-order valence-corrected chi connectivity index (χ1v) is 8.38. The van der Waals surface area contributed by atoms with Crippen LogP contribution in [0.4, 0.5) is 0 Å². The van der Waals surface area contributed by atoms with E-state index < -0.39 is 5.91 Å². The van der Waals surface area contributed by atoms with E-state index in [-0.39, 0.29) is 11.8 Å². The van der Waals surface area contributed by atoms with Crippen molar-refractivity contribution in [2.75, 3.05) is 33.7 Å². The van der Waals surface area contributed by atoms with Gasteiger partial charge in [0.1, 0.15) is 4.83 Å². The first-order chi connectivity index (χ1) is 11.0. The Morgan fingerprint density at radius 3 is 2.96 bits per heavy atom. The van der Waals surface area contributed by atoms with Gasteiger partial charge in [-0.1, -0.05) is 6.07 Å². The van der Waals surface area contributed by atoms with Crippen molar-refractivity contribution < 1.29 is 9.59 Å². The third kappa shape index (κ3) is 3.07. The van der Waals surface area contributed by atoms with Crippen LogP contribution >= 0.6 is 11.3 Å². The predicted molar refractivity (Wildman–Crippen MR) is 90.6 cm³/mol. The van der Waals surface area contributed by atoms with Crippen LogP contribution in [-0.2, 0) is 4.79 Å². The zero-order valence-corrected chi connectivity index (χ0v) is 14.1. The number of likely N-dealkylation sites (tertiary alicyclic amines) is 1. The summed E-state index contributed by atoms with van der Waals surface area (Å²) in [5, 5.41) is 1.01. The lowest BCUT2D eigenvalue weighted by molar-refractivity contribution is -0.129. The number of pyridine rings is 1. The van der Waals surface area contributed by atoms with Crippen LogP contribution in [0, 0.1) is 0 Å². The smallest absolute Gasteiger partial charge is 0.259 e. The molecule has 2 aromatic rings. The van der Waals surface area contributed by atoms with Gasteiger partial charge in [-0.05, 0) is 24.6 Å². The van der Waals surface area contributed by atoms with E-state index in [1.54, 1.807) is 25.2 Å². The lowest BCUT2D eigenvalue weighted by atomic mass is 9.95. The summed E-state index contributed by atoms with van der Waals surface area (Å²) in [6, 6.07) is 3.87. The number of likely N-dealkylation sites (N-methyl/N-ethyl adjacent to an activating group) is 1. The Morgan fingerprint density at radius 2 is 2.26 bits per heavy atom. The molecule has 1 atom stereocenters. The van der Waals surface area contributed by atoms with Gasteiger partial charge in [-0.15, -0.1) is 11.3 Å². The van der Waals surface area contributed by atoms with E-state index in [0.717, 1.165) is 35.3 Å². The summed E-state index contributed by atoms with van der Waals surface area (Å²) < 4.78 is 0. The Morgan fingerprint density at radius 1 is 1.48 bits per heavy atom. The molecule has 6 nitrogen and oxygen atoms in total. The van der Waals surface area contributed by atoms with Crippen molar-refractivity contribution in [2.45, 2.75) is 12.3 Å². The van der Waals surface area contributed by atoms with Crippen molar-refractivity contribution in [2.24, 2.45) is 5.73 Å². The van der Waals surface area contributed by atoms with Crippen molar-refractivity contribution in [1.29, 1.82) is 0 Å². The molecule has 3 rings (SSSR count). The van der Waals surface area contributed by atoms with Crippen molar-refractivity contribution in [3.05, 3.63) is 28.8 Å². The number of carbonyl (C=O) groups is 2. The SMILES string of the molecule is CN(C)C(=O)CN1CCC(c2c(C(N)=O)sc3ncccc23)C1. The number of rotatable bonds is 4. The van der Waals surface area contributed by atoms with Gasteiger partial charge in [0.05, 0.1) is 11.4 Å². The molecule has 3 heterocycles. The highest BCUT2D eigenvalue weighted by atomic mass is 32.1. The first-order valence-electron chi connectivity index (χ1n) is 7.57. The lowest BCUT2D eigenvalue weighted by Crippen LogP contribution is -2.35. The third-order valence-electron chi connectivity index (χ3n) is 4.27. The molecule has 122 valence electrons. The normalized spacial score (nSPS) is 18.4. The van der Waals surface area contributed by atoms with Gasteiger partial charge in [0.2, 0.25) is 5.91 Å². The van der Waals surface area contributed by atoms with Crippen LogP contribution < -0.4 is 5.73 Å². The number of thiophene rings is 1. The summed E-state index contributed by atoms with van der Waals surface area (Å²) >= 11 is 1.36. The van der Waals surface area contributed by atoms with Gasteiger partial charge in [0.15, 0.2) is 0 Å². The second-order valence-electron chi connectivity index (χ2n) is 6.07. The average Bonchev–Trinajstić information content (AvgIpc) is 3.10. The molecule has 1 aliphatic heterocycles. The number of primary amides is 1. The van der Waals surface area contributed by atoms with E-state index in [0.29, 0.717) is 11.4 Å². The molecule has 0 radical (unpaired) electrons. The Bertz CT molecular complexity index is 756. The number of hydrogen-bond acceptors (Lipinski definition) is 5. The zero-order chi connectivity index (χ0) is 16.6. The highest BCUT2D eigenvalue weighted by Crippen LogP contribution is 2.39. The van der Waals surface area contributed by atoms with Crippen LogP contribution in [0.5, 0.6) is 0 Å². The second-order valence-corrected chi connectivity index (χ2v) is 7.07. The highest BCUT2D eigenvalue weighted by molar-refractivity contribution is 7.20. The van der Waals surface area contributed by atoms with Crippen LogP contribution in [-0.4, -0.2) is 60.3 Å². The molecule has 0 spiro atoms. The van der Waals surface area contributed by atoms with E-state index in [2.05, 4.69) is 9.88 Å². The Hall–Kier alpha value is -1.99. The number of nitrogens with two attached hydrogens (primary N) is 1. The maximum atomic E-state index is 11.9. The van der Waals surface area contributed by atoms with E-state index in [9.17, 15) is 9.59 Å². The molecule has 1 saturated heterocycles. The minimum atomic E-state index is -0.397. The van der Waals surface area contributed by atoms with Gasteiger partial charge >= 0.3 is 0 Å². The van der Waals surface area contributed by atoms with Gasteiger partial charge in [0.25, 0.3) is 5.91 Å². The van der Waals surface area contributed by atoms with Crippen molar-refractivity contribution in [3.8, 4) is 0 Å². The molecule has 2 N–H and O–H groups in total.